The number of hydrogen-bond donors (Lipinski definition) is 3. The van der Waals surface area contributed by atoms with E-state index in [2.05, 4.69) is 20.9 Å². The third kappa shape index (κ3) is 3.76. The lowest BCUT2D eigenvalue weighted by Gasteiger charge is -2.04. The van der Waals surface area contributed by atoms with Crippen molar-refractivity contribution in [3.8, 4) is 0 Å². The Morgan fingerprint density at radius 2 is 1.86 bits per heavy atom. The van der Waals surface area contributed by atoms with Crippen LogP contribution in [0, 0.1) is 12.7 Å². The summed E-state index contributed by atoms with van der Waals surface area (Å²) >= 11 is 1.08. The Morgan fingerprint density at radius 3 is 2.48 bits per heavy atom. The Balaban J connectivity index is 2.03. The molecule has 0 bridgehead atoms. The number of anilines is 2. The summed E-state index contributed by atoms with van der Waals surface area (Å²) in [5, 5.41) is 7.88. The maximum Gasteiger partial charge on any atom is 0.325 e. The zero-order valence-corrected chi connectivity index (χ0v) is 12.2. The zero-order valence-electron chi connectivity index (χ0n) is 11.4. The van der Waals surface area contributed by atoms with E-state index in [1.54, 1.807) is 6.92 Å². The van der Waals surface area contributed by atoms with Gasteiger partial charge < -0.3 is 10.6 Å². The molecule has 2 aromatic rings. The van der Waals surface area contributed by atoms with E-state index in [9.17, 15) is 14.0 Å². The maximum absolute atomic E-state index is 12.8. The number of nitrogens with one attached hydrogen (secondary N) is 3. The number of thiazole rings is 1. The minimum Gasteiger partial charge on any atom is -0.354 e. The topological polar surface area (TPSA) is 83.1 Å². The molecule has 0 aliphatic carbocycles. The van der Waals surface area contributed by atoms with Crippen LogP contribution < -0.4 is 16.0 Å². The summed E-state index contributed by atoms with van der Waals surface area (Å²) in [6.45, 7) is 1.68. The van der Waals surface area contributed by atoms with Gasteiger partial charge in [-0.05, 0) is 31.2 Å². The molecule has 3 N–H and O–H groups in total. The second kappa shape index (κ2) is 6.31. The third-order valence-corrected chi connectivity index (χ3v) is 3.62. The first kappa shape index (κ1) is 14.9. The van der Waals surface area contributed by atoms with Crippen LogP contribution in [-0.4, -0.2) is 24.0 Å². The molecular formula is C13H13FN4O2S. The molecule has 6 nitrogen and oxygen atoms in total. The van der Waals surface area contributed by atoms with Gasteiger partial charge in [-0.15, -0.1) is 0 Å². The van der Waals surface area contributed by atoms with Crippen molar-refractivity contribution in [2.24, 2.45) is 0 Å². The predicted molar refractivity (Wildman–Crippen MR) is 79.3 cm³/mol. The van der Waals surface area contributed by atoms with Gasteiger partial charge in [0, 0.05) is 12.7 Å². The first-order valence-corrected chi connectivity index (χ1v) is 6.84. The molecule has 0 fully saturated rings. The van der Waals surface area contributed by atoms with Crippen LogP contribution in [-0.2, 0) is 0 Å². The van der Waals surface area contributed by atoms with Gasteiger partial charge in [-0.3, -0.25) is 10.1 Å². The quantitative estimate of drug-likeness (QED) is 0.815. The molecule has 0 atom stereocenters. The van der Waals surface area contributed by atoms with Crippen molar-refractivity contribution in [1.82, 2.24) is 10.3 Å². The fourth-order valence-electron chi connectivity index (χ4n) is 1.57. The zero-order chi connectivity index (χ0) is 15.4. The standard InChI is InChI=1S/C13H13FN4O2S/c1-7-10(11(19)15-2)21-13(16-7)18-12(20)17-9-5-3-8(14)4-6-9/h3-6H,1-2H3,(H,15,19)(H2,16,17,18,20). The second-order valence-corrected chi connectivity index (χ2v) is 5.10. The predicted octanol–water partition coefficient (Wildman–Crippen LogP) is 2.59. The van der Waals surface area contributed by atoms with Gasteiger partial charge in [0.2, 0.25) is 0 Å². The molecule has 1 aromatic carbocycles. The van der Waals surface area contributed by atoms with Crippen LogP contribution in [0.4, 0.5) is 20.0 Å². The Kier molecular flexibility index (Phi) is 4.49. The smallest absolute Gasteiger partial charge is 0.325 e. The van der Waals surface area contributed by atoms with Crippen molar-refractivity contribution in [2.45, 2.75) is 6.92 Å². The summed E-state index contributed by atoms with van der Waals surface area (Å²) in [5.74, 6) is -0.635. The highest BCUT2D eigenvalue weighted by Gasteiger charge is 2.15. The average Bonchev–Trinajstić information content (AvgIpc) is 2.81. The van der Waals surface area contributed by atoms with Crippen LogP contribution in [0.1, 0.15) is 15.4 Å². The van der Waals surface area contributed by atoms with E-state index >= 15 is 0 Å². The first-order valence-electron chi connectivity index (χ1n) is 6.02. The van der Waals surface area contributed by atoms with Crippen LogP contribution in [0.25, 0.3) is 0 Å². The van der Waals surface area contributed by atoms with Crippen molar-refractivity contribution in [1.29, 1.82) is 0 Å². The van der Waals surface area contributed by atoms with Crippen LogP contribution in [0.2, 0.25) is 0 Å². The molecule has 0 unspecified atom stereocenters. The normalized spacial score (nSPS) is 10.0. The van der Waals surface area contributed by atoms with E-state index in [-0.39, 0.29) is 11.7 Å². The summed E-state index contributed by atoms with van der Waals surface area (Å²) < 4.78 is 12.8. The van der Waals surface area contributed by atoms with Crippen LogP contribution >= 0.6 is 11.3 Å². The molecule has 1 aromatic heterocycles. The van der Waals surface area contributed by atoms with Gasteiger partial charge in [0.25, 0.3) is 5.91 Å². The maximum atomic E-state index is 12.8. The van der Waals surface area contributed by atoms with Crippen molar-refractivity contribution in [2.75, 3.05) is 17.7 Å². The molecule has 0 spiro atoms. The lowest BCUT2D eigenvalue weighted by atomic mass is 10.3. The van der Waals surface area contributed by atoms with Gasteiger partial charge in [-0.25, -0.2) is 14.2 Å². The highest BCUT2D eigenvalue weighted by Crippen LogP contribution is 2.22. The largest absolute Gasteiger partial charge is 0.354 e. The van der Waals surface area contributed by atoms with E-state index in [1.165, 1.54) is 31.3 Å². The second-order valence-electron chi connectivity index (χ2n) is 4.10. The van der Waals surface area contributed by atoms with Crippen molar-refractivity contribution in [3.63, 3.8) is 0 Å². The Labute approximate surface area is 124 Å². The van der Waals surface area contributed by atoms with E-state index in [4.69, 9.17) is 0 Å². The molecule has 2 rings (SSSR count). The van der Waals surface area contributed by atoms with Crippen LogP contribution in [0.5, 0.6) is 0 Å². The van der Waals surface area contributed by atoms with Gasteiger partial charge in [0.1, 0.15) is 10.7 Å². The lowest BCUT2D eigenvalue weighted by Crippen LogP contribution is -2.19. The average molecular weight is 308 g/mol. The highest BCUT2D eigenvalue weighted by atomic mass is 32.1. The van der Waals surface area contributed by atoms with Crippen LogP contribution in [0.3, 0.4) is 0 Å². The first-order chi connectivity index (χ1) is 9.99. The molecule has 3 amide bonds. The van der Waals surface area contributed by atoms with Crippen LogP contribution in [0.15, 0.2) is 24.3 Å². The van der Waals surface area contributed by atoms with Gasteiger partial charge in [-0.2, -0.15) is 0 Å². The summed E-state index contributed by atoms with van der Waals surface area (Å²) in [6.07, 6.45) is 0. The summed E-state index contributed by atoms with van der Waals surface area (Å²) in [6, 6.07) is 4.86. The van der Waals surface area contributed by atoms with E-state index in [0.29, 0.717) is 21.4 Å². The number of carbonyl (C=O) groups excluding carboxylic acids is 2. The highest BCUT2D eigenvalue weighted by molar-refractivity contribution is 7.17. The van der Waals surface area contributed by atoms with Gasteiger partial charge >= 0.3 is 6.03 Å². The van der Waals surface area contributed by atoms with Gasteiger partial charge in [0.15, 0.2) is 5.13 Å². The van der Waals surface area contributed by atoms with E-state index in [1.807, 2.05) is 0 Å². The number of nitrogens with zero attached hydrogens (tertiary/aromatic N) is 1. The molecule has 0 saturated carbocycles. The molecule has 0 saturated heterocycles. The van der Waals surface area contributed by atoms with Gasteiger partial charge in [-0.1, -0.05) is 11.3 Å². The number of carbonyl (C=O) groups is 2. The molecule has 0 aliphatic heterocycles. The van der Waals surface area contributed by atoms with Gasteiger partial charge in [0.05, 0.1) is 5.69 Å². The fraction of sp³-hybridized carbons (Fsp3) is 0.154. The molecule has 21 heavy (non-hydrogen) atoms. The lowest BCUT2D eigenvalue weighted by molar-refractivity contribution is 0.0966. The number of aryl methyl sites for hydroxylation is 1. The molecule has 8 heteroatoms. The Hall–Kier alpha value is -2.48. The minimum atomic E-state index is -0.515. The molecule has 0 radical (unpaired) electrons. The van der Waals surface area contributed by atoms with Crippen molar-refractivity contribution < 1.29 is 14.0 Å². The molecule has 0 aliphatic rings. The van der Waals surface area contributed by atoms with E-state index in [0.717, 1.165) is 11.3 Å². The van der Waals surface area contributed by atoms with Crippen molar-refractivity contribution in [3.05, 3.63) is 40.7 Å². The summed E-state index contributed by atoms with van der Waals surface area (Å²) in [5.41, 5.74) is 0.991. The Morgan fingerprint density at radius 1 is 1.19 bits per heavy atom. The number of rotatable bonds is 3. The number of benzene rings is 1. The SMILES string of the molecule is CNC(=O)c1sc(NC(=O)Nc2ccc(F)cc2)nc1C. The number of hydrogen-bond acceptors (Lipinski definition) is 4. The molecule has 1 heterocycles. The number of urea groups is 1. The third-order valence-electron chi connectivity index (χ3n) is 2.55. The number of aromatic nitrogens is 1. The van der Waals surface area contributed by atoms with Crippen molar-refractivity contribution >= 4 is 34.1 Å². The van der Waals surface area contributed by atoms with E-state index < -0.39 is 6.03 Å². The monoisotopic (exact) mass is 308 g/mol. The number of halogens is 1. The molecular weight excluding hydrogens is 295 g/mol. The molecule has 110 valence electrons. The minimum absolute atomic E-state index is 0.253. The number of amides is 3. The fourth-order valence-corrected chi connectivity index (χ4v) is 2.47. The summed E-state index contributed by atoms with van der Waals surface area (Å²) in [7, 11) is 1.52. The summed E-state index contributed by atoms with van der Waals surface area (Å²) in [4.78, 5) is 27.9. The Bertz CT molecular complexity index is 669.